The van der Waals surface area contributed by atoms with E-state index < -0.39 is 12.3 Å². The Morgan fingerprint density at radius 3 is 2.54 bits per heavy atom. The number of pyridine rings is 1. The van der Waals surface area contributed by atoms with Crippen LogP contribution >= 0.6 is 0 Å². The second-order valence-electron chi connectivity index (χ2n) is 10.6. The summed E-state index contributed by atoms with van der Waals surface area (Å²) in [7, 11) is 4.53. The molecule has 2 heterocycles. The number of halogens is 2. The van der Waals surface area contributed by atoms with Gasteiger partial charge < -0.3 is 25.6 Å². The fourth-order valence-corrected chi connectivity index (χ4v) is 4.52. The highest BCUT2D eigenvalue weighted by atomic mass is 19.3. The maximum Gasteiger partial charge on any atom is 0.273 e. The summed E-state index contributed by atoms with van der Waals surface area (Å²) in [5.41, 5.74) is 2.62. The zero-order valence-corrected chi connectivity index (χ0v) is 25.9. The molecule has 240 valence electrons. The van der Waals surface area contributed by atoms with Gasteiger partial charge >= 0.3 is 0 Å². The van der Waals surface area contributed by atoms with Crippen molar-refractivity contribution < 1.29 is 27.9 Å². The summed E-state index contributed by atoms with van der Waals surface area (Å²) in [6, 6.07) is 9.38. The number of hydrogen-bond donors (Lipinski definition) is 3. The molecule has 0 aliphatic heterocycles. The molecule has 0 spiro atoms. The smallest absolute Gasteiger partial charge is 0.273 e. The van der Waals surface area contributed by atoms with Crippen LogP contribution in [-0.2, 0) is 16.1 Å². The lowest BCUT2D eigenvalue weighted by Crippen LogP contribution is -2.27. The Balaban J connectivity index is 1.59. The van der Waals surface area contributed by atoms with Gasteiger partial charge in [-0.3, -0.25) is 19.4 Å². The van der Waals surface area contributed by atoms with Crippen molar-refractivity contribution in [1.29, 1.82) is 0 Å². The van der Waals surface area contributed by atoms with Crippen LogP contribution in [0.4, 0.5) is 26.0 Å². The monoisotopic (exact) mass is 631 g/mol. The number of amides is 3. The summed E-state index contributed by atoms with van der Waals surface area (Å²) in [6.07, 6.45) is 5.25. The molecule has 4 rings (SSSR count). The molecule has 0 bridgehead atoms. The van der Waals surface area contributed by atoms with Gasteiger partial charge in [0.15, 0.2) is 11.5 Å². The van der Waals surface area contributed by atoms with Gasteiger partial charge in [-0.15, -0.1) is 10.2 Å². The second kappa shape index (κ2) is 15.0. The van der Waals surface area contributed by atoms with Crippen LogP contribution in [0.1, 0.15) is 53.5 Å². The Bertz CT molecular complexity index is 1700. The molecule has 1 aliphatic carbocycles. The van der Waals surface area contributed by atoms with E-state index in [0.717, 1.165) is 12.8 Å². The third-order valence-corrected chi connectivity index (χ3v) is 7.14. The number of para-hydroxylation sites is 1. The lowest BCUT2D eigenvalue weighted by atomic mass is 10.0. The van der Waals surface area contributed by atoms with E-state index in [2.05, 4.69) is 37.7 Å². The number of likely N-dealkylation sites (N-methyl/N-ethyl adjacent to an activating group) is 1. The minimum absolute atomic E-state index is 0.0104. The van der Waals surface area contributed by atoms with Crippen LogP contribution in [-0.4, -0.2) is 59.0 Å². The van der Waals surface area contributed by atoms with Gasteiger partial charge in [0.1, 0.15) is 5.75 Å². The molecular weight excluding hydrogens is 596 g/mol. The lowest BCUT2D eigenvalue weighted by Gasteiger charge is -2.18. The van der Waals surface area contributed by atoms with Crippen molar-refractivity contribution in [3.05, 3.63) is 95.5 Å². The fourth-order valence-electron chi connectivity index (χ4n) is 4.52. The zero-order valence-electron chi connectivity index (χ0n) is 25.9. The number of rotatable bonds is 13. The molecule has 3 N–H and O–H groups in total. The summed E-state index contributed by atoms with van der Waals surface area (Å²) in [6.45, 7) is 5.62. The van der Waals surface area contributed by atoms with Gasteiger partial charge in [0, 0.05) is 49.0 Å². The van der Waals surface area contributed by atoms with Crippen molar-refractivity contribution in [1.82, 2.24) is 25.4 Å². The number of carbonyl (C=O) groups is 3. The minimum atomic E-state index is -2.63. The van der Waals surface area contributed by atoms with Gasteiger partial charge in [-0.2, -0.15) is 0 Å². The fraction of sp³-hybridized carbons (Fsp3) is 0.273. The molecule has 1 saturated carbocycles. The van der Waals surface area contributed by atoms with Crippen LogP contribution in [0.5, 0.6) is 5.75 Å². The van der Waals surface area contributed by atoms with E-state index in [-0.39, 0.29) is 47.0 Å². The van der Waals surface area contributed by atoms with Crippen LogP contribution in [0.2, 0.25) is 0 Å². The molecule has 46 heavy (non-hydrogen) atoms. The number of ether oxygens (including phenoxy) is 1. The first kappa shape index (κ1) is 33.4. The number of nitrogens with one attached hydrogen (secondary N) is 3. The van der Waals surface area contributed by atoms with Crippen molar-refractivity contribution in [2.24, 2.45) is 5.92 Å². The van der Waals surface area contributed by atoms with Gasteiger partial charge in [0.25, 0.3) is 12.3 Å². The maximum atomic E-state index is 13.1. The normalized spacial score (nSPS) is 13.2. The molecule has 11 nitrogen and oxygen atoms in total. The molecule has 3 amide bonds. The highest BCUT2D eigenvalue weighted by Crippen LogP contribution is 2.37. The predicted octanol–water partition coefficient (Wildman–Crippen LogP) is 5.44. The molecule has 1 aromatic carbocycles. The summed E-state index contributed by atoms with van der Waals surface area (Å²) >= 11 is 0. The number of anilines is 3. The van der Waals surface area contributed by atoms with E-state index in [1.807, 2.05) is 6.07 Å². The van der Waals surface area contributed by atoms with E-state index in [1.165, 1.54) is 43.5 Å². The molecule has 2 aromatic heterocycles. The highest BCUT2D eigenvalue weighted by Gasteiger charge is 2.30. The number of hydrogen-bond acceptors (Lipinski definition) is 8. The van der Waals surface area contributed by atoms with E-state index in [4.69, 9.17) is 4.74 Å². The number of alkyl halides is 2. The van der Waals surface area contributed by atoms with Crippen molar-refractivity contribution in [2.75, 3.05) is 31.8 Å². The first-order chi connectivity index (χ1) is 22.1. The Morgan fingerprint density at radius 1 is 1.13 bits per heavy atom. The number of benzene rings is 1. The van der Waals surface area contributed by atoms with E-state index in [9.17, 15) is 23.2 Å². The number of aromatic nitrogens is 3. The number of carbonyl (C=O) groups excluding carboxylic acids is 3. The molecule has 0 atom stereocenters. The number of methoxy groups -OCH3 is 1. The van der Waals surface area contributed by atoms with Crippen molar-refractivity contribution in [3.8, 4) is 5.75 Å². The van der Waals surface area contributed by atoms with Crippen LogP contribution in [0.3, 0.4) is 0 Å². The second-order valence-corrected chi connectivity index (χ2v) is 10.6. The van der Waals surface area contributed by atoms with Crippen LogP contribution in [0.25, 0.3) is 5.57 Å². The summed E-state index contributed by atoms with van der Waals surface area (Å²) in [5, 5.41) is 16.5. The van der Waals surface area contributed by atoms with E-state index >= 15 is 0 Å². The first-order valence-electron chi connectivity index (χ1n) is 14.4. The van der Waals surface area contributed by atoms with Gasteiger partial charge in [0.2, 0.25) is 11.8 Å². The largest absolute Gasteiger partial charge is 0.494 e. The minimum Gasteiger partial charge on any atom is -0.494 e. The average Bonchev–Trinajstić information content (AvgIpc) is 3.90. The quantitative estimate of drug-likeness (QED) is 0.167. The molecule has 0 saturated heterocycles. The molecule has 1 aliphatic rings. The first-order valence-corrected chi connectivity index (χ1v) is 14.4. The summed E-state index contributed by atoms with van der Waals surface area (Å²) in [4.78, 5) is 43.4. The molecule has 0 unspecified atom stereocenters. The van der Waals surface area contributed by atoms with Crippen LogP contribution in [0, 0.1) is 5.92 Å². The van der Waals surface area contributed by atoms with Crippen LogP contribution in [0.15, 0.2) is 73.0 Å². The molecule has 13 heteroatoms. The number of allylic oxidation sites excluding steroid dienone is 4. The molecule has 3 aromatic rings. The van der Waals surface area contributed by atoms with Crippen LogP contribution < -0.4 is 20.7 Å². The van der Waals surface area contributed by atoms with Gasteiger partial charge in [0.05, 0.1) is 30.7 Å². The Kier molecular flexibility index (Phi) is 10.9. The summed E-state index contributed by atoms with van der Waals surface area (Å²) in [5.74, 6) is -0.391. The van der Waals surface area contributed by atoms with E-state index in [1.54, 1.807) is 44.3 Å². The number of nitrogens with zero attached hydrogens (tertiary/aromatic N) is 4. The van der Waals surface area contributed by atoms with Gasteiger partial charge in [-0.25, -0.2) is 8.78 Å². The predicted molar refractivity (Wildman–Crippen MR) is 171 cm³/mol. The Hall–Kier alpha value is -5.46. The third-order valence-electron chi connectivity index (χ3n) is 7.14. The highest BCUT2D eigenvalue weighted by molar-refractivity contribution is 6.00. The SMILES string of the molecule is C=C/C(=C\C=C(/C)C(=O)N(C)Cc1cc(C(F)F)ccn1)c1cccc(Nc2cc(NC(=O)C3CC3)nnc2C(=O)NC)c1OC. The Labute approximate surface area is 265 Å². The summed E-state index contributed by atoms with van der Waals surface area (Å²) < 4.78 is 31.9. The molecular formula is C33H35F2N7O4. The Morgan fingerprint density at radius 2 is 1.89 bits per heavy atom. The van der Waals surface area contributed by atoms with Crippen molar-refractivity contribution in [2.45, 2.75) is 32.7 Å². The molecule has 0 radical (unpaired) electrons. The van der Waals surface area contributed by atoms with E-state index in [0.29, 0.717) is 33.8 Å². The lowest BCUT2D eigenvalue weighted by molar-refractivity contribution is -0.126. The zero-order chi connectivity index (χ0) is 33.4. The van der Waals surface area contributed by atoms with Gasteiger partial charge in [-0.05, 0) is 43.5 Å². The maximum absolute atomic E-state index is 13.1. The molecule has 1 fully saturated rings. The van der Waals surface area contributed by atoms with Gasteiger partial charge in [-0.1, -0.05) is 36.9 Å². The standard InChI is InChI=1S/C33H35F2N7O4/c1-6-20(11-10-19(2)33(45)42(4)18-23-16-22(30(34)35)14-15-37-23)24-8-7-9-25(29(24)46-5)38-26-17-27(39-31(43)21-12-13-21)40-41-28(26)32(44)36-3/h6-11,14-17,21,30H,1,12-13,18H2,2-5H3,(H,36,44)(H2,38,39,40,43)/b19-10+,20-11+. The third kappa shape index (κ3) is 8.17. The average molecular weight is 632 g/mol. The topological polar surface area (TPSA) is 138 Å². The van der Waals surface area contributed by atoms with Crippen molar-refractivity contribution >= 4 is 40.5 Å². The van der Waals surface area contributed by atoms with Crippen molar-refractivity contribution in [3.63, 3.8) is 0 Å².